The number of Topliss-reactive ketones (excluding diaryl/α,β-unsaturated/α-hetero) is 1. The number of primary amides is 1. The molecule has 0 unspecified atom stereocenters. The Hall–Kier alpha value is -2.35. The molecule has 0 atom stereocenters. The first-order valence-electron chi connectivity index (χ1n) is 9.07. The van der Waals surface area contributed by atoms with Gasteiger partial charge in [-0.2, -0.15) is 0 Å². The van der Waals surface area contributed by atoms with Crippen LogP contribution in [0.25, 0.3) is 0 Å². The zero-order chi connectivity index (χ0) is 19.6. The minimum Gasteiger partial charge on any atom is -0.370 e. The lowest BCUT2D eigenvalue weighted by atomic mass is 10.2. The van der Waals surface area contributed by atoms with Gasteiger partial charge in [-0.15, -0.1) is 16.8 Å². The van der Waals surface area contributed by atoms with Gasteiger partial charge in [0.1, 0.15) is 5.82 Å². The van der Waals surface area contributed by atoms with Gasteiger partial charge >= 0.3 is 0 Å². The summed E-state index contributed by atoms with van der Waals surface area (Å²) in [6.07, 6.45) is 4.24. The standard InChI is InChI=1S/C19H25N5O2S/c1-4-8-23-12(2)10-15(13(23)3)16(25)11-27-19-22-21-18(14-5-6-14)24(19)9-7-17(20)26/h4,10,14H,1,5-9,11H2,2-3H3,(H2,20,26). The van der Waals surface area contributed by atoms with Crippen molar-refractivity contribution in [3.63, 3.8) is 0 Å². The Kier molecular flexibility index (Phi) is 5.84. The first-order chi connectivity index (χ1) is 12.9. The van der Waals surface area contributed by atoms with Gasteiger partial charge in [0.25, 0.3) is 0 Å². The highest BCUT2D eigenvalue weighted by molar-refractivity contribution is 7.99. The highest BCUT2D eigenvalue weighted by atomic mass is 32.2. The van der Waals surface area contributed by atoms with Crippen LogP contribution in [0.15, 0.2) is 23.9 Å². The Morgan fingerprint density at radius 1 is 1.33 bits per heavy atom. The SMILES string of the molecule is C=CCn1c(C)cc(C(=O)CSc2nnc(C3CC3)n2CCC(N)=O)c1C. The van der Waals surface area contributed by atoms with Crippen LogP contribution in [0.1, 0.15) is 52.8 Å². The summed E-state index contributed by atoms with van der Waals surface area (Å²) in [5, 5.41) is 9.20. The molecule has 144 valence electrons. The molecule has 0 saturated heterocycles. The van der Waals surface area contributed by atoms with Crippen LogP contribution in [-0.4, -0.2) is 36.8 Å². The highest BCUT2D eigenvalue weighted by Crippen LogP contribution is 2.40. The second-order valence-electron chi connectivity index (χ2n) is 6.88. The molecule has 1 amide bonds. The number of amides is 1. The molecule has 7 nitrogen and oxygen atoms in total. The van der Waals surface area contributed by atoms with Crippen LogP contribution in [0.2, 0.25) is 0 Å². The number of nitrogens with zero attached hydrogens (tertiary/aromatic N) is 4. The summed E-state index contributed by atoms with van der Waals surface area (Å²) in [5.74, 6) is 1.29. The Balaban J connectivity index is 1.73. The van der Waals surface area contributed by atoms with E-state index in [2.05, 4.69) is 21.3 Å². The van der Waals surface area contributed by atoms with Crippen LogP contribution in [0, 0.1) is 13.8 Å². The van der Waals surface area contributed by atoms with Crippen molar-refractivity contribution in [3.8, 4) is 0 Å². The summed E-state index contributed by atoms with van der Waals surface area (Å²) in [7, 11) is 0. The third kappa shape index (κ3) is 4.32. The zero-order valence-corrected chi connectivity index (χ0v) is 16.6. The van der Waals surface area contributed by atoms with Crippen molar-refractivity contribution in [1.29, 1.82) is 0 Å². The molecule has 2 N–H and O–H groups in total. The quantitative estimate of drug-likeness (QED) is 0.384. The maximum Gasteiger partial charge on any atom is 0.219 e. The molecule has 0 aliphatic heterocycles. The monoisotopic (exact) mass is 387 g/mol. The number of thioether (sulfide) groups is 1. The molecule has 1 aliphatic carbocycles. The van der Waals surface area contributed by atoms with Crippen molar-refractivity contribution in [3.05, 3.63) is 41.5 Å². The number of carbonyl (C=O) groups is 2. The molecule has 0 radical (unpaired) electrons. The summed E-state index contributed by atoms with van der Waals surface area (Å²) < 4.78 is 4.02. The Morgan fingerprint density at radius 2 is 2.07 bits per heavy atom. The molecule has 3 rings (SSSR count). The van der Waals surface area contributed by atoms with Gasteiger partial charge in [-0.3, -0.25) is 9.59 Å². The van der Waals surface area contributed by atoms with E-state index in [1.165, 1.54) is 11.8 Å². The number of ketones is 1. The number of aryl methyl sites for hydroxylation is 1. The van der Waals surface area contributed by atoms with E-state index < -0.39 is 0 Å². The lowest BCUT2D eigenvalue weighted by Gasteiger charge is -2.08. The molecule has 1 saturated carbocycles. The van der Waals surface area contributed by atoms with Crippen molar-refractivity contribution in [1.82, 2.24) is 19.3 Å². The number of rotatable bonds is 10. The van der Waals surface area contributed by atoms with Crippen LogP contribution in [-0.2, 0) is 17.9 Å². The van der Waals surface area contributed by atoms with E-state index >= 15 is 0 Å². The third-order valence-electron chi connectivity index (χ3n) is 4.79. The minimum atomic E-state index is -0.355. The summed E-state index contributed by atoms with van der Waals surface area (Å²) in [6, 6.07) is 1.93. The maximum atomic E-state index is 12.7. The van der Waals surface area contributed by atoms with E-state index in [4.69, 9.17) is 5.73 Å². The average Bonchev–Trinajstić information content (AvgIpc) is 3.33. The van der Waals surface area contributed by atoms with Gasteiger partial charge in [0.2, 0.25) is 5.91 Å². The molecule has 0 spiro atoms. The normalized spacial score (nSPS) is 13.7. The Bertz CT molecular complexity index is 879. The third-order valence-corrected chi connectivity index (χ3v) is 5.75. The second kappa shape index (κ2) is 8.12. The fourth-order valence-corrected chi connectivity index (χ4v) is 4.04. The summed E-state index contributed by atoms with van der Waals surface area (Å²) in [4.78, 5) is 23.9. The van der Waals surface area contributed by atoms with E-state index in [9.17, 15) is 9.59 Å². The molecule has 0 bridgehead atoms. The van der Waals surface area contributed by atoms with Crippen LogP contribution in [0.3, 0.4) is 0 Å². The smallest absolute Gasteiger partial charge is 0.219 e. The molecular formula is C19H25N5O2S. The van der Waals surface area contributed by atoms with Crippen LogP contribution < -0.4 is 5.73 Å². The average molecular weight is 388 g/mol. The van der Waals surface area contributed by atoms with Gasteiger partial charge in [-0.1, -0.05) is 17.8 Å². The maximum absolute atomic E-state index is 12.7. The first kappa shape index (κ1) is 19.4. The van der Waals surface area contributed by atoms with Gasteiger partial charge in [0, 0.05) is 42.4 Å². The number of hydrogen-bond acceptors (Lipinski definition) is 5. The molecule has 8 heteroatoms. The van der Waals surface area contributed by atoms with E-state index in [1.807, 2.05) is 30.6 Å². The molecule has 1 aliphatic rings. The number of aromatic nitrogens is 4. The fourth-order valence-electron chi connectivity index (χ4n) is 3.18. The number of hydrogen-bond donors (Lipinski definition) is 1. The Labute approximate surface area is 163 Å². The molecule has 2 heterocycles. The molecule has 2 aromatic rings. The Morgan fingerprint density at radius 3 is 2.70 bits per heavy atom. The van der Waals surface area contributed by atoms with Gasteiger partial charge in [-0.25, -0.2) is 0 Å². The number of carbonyl (C=O) groups excluding carboxylic acids is 2. The van der Waals surface area contributed by atoms with Gasteiger partial charge in [0.15, 0.2) is 10.9 Å². The molecule has 2 aromatic heterocycles. The fraction of sp³-hybridized carbons (Fsp3) is 0.474. The van der Waals surface area contributed by atoms with Crippen molar-refractivity contribution in [2.45, 2.75) is 57.3 Å². The largest absolute Gasteiger partial charge is 0.370 e. The lowest BCUT2D eigenvalue weighted by Crippen LogP contribution is -2.16. The number of allylic oxidation sites excluding steroid dienone is 1. The highest BCUT2D eigenvalue weighted by Gasteiger charge is 2.30. The summed E-state index contributed by atoms with van der Waals surface area (Å²) >= 11 is 1.36. The van der Waals surface area contributed by atoms with Gasteiger partial charge < -0.3 is 14.9 Å². The van der Waals surface area contributed by atoms with E-state index in [0.717, 1.165) is 35.6 Å². The van der Waals surface area contributed by atoms with Gasteiger partial charge in [0.05, 0.1) is 5.75 Å². The van der Waals surface area contributed by atoms with Crippen molar-refractivity contribution < 1.29 is 9.59 Å². The molecular weight excluding hydrogens is 362 g/mol. The minimum absolute atomic E-state index is 0.0563. The topological polar surface area (TPSA) is 95.8 Å². The van der Waals surface area contributed by atoms with E-state index in [0.29, 0.717) is 24.2 Å². The summed E-state index contributed by atoms with van der Waals surface area (Å²) in [6.45, 7) is 8.85. The van der Waals surface area contributed by atoms with Crippen molar-refractivity contribution in [2.75, 3.05) is 5.75 Å². The van der Waals surface area contributed by atoms with Crippen LogP contribution in [0.5, 0.6) is 0 Å². The summed E-state index contributed by atoms with van der Waals surface area (Å²) in [5.41, 5.74) is 8.02. The predicted octanol–water partition coefficient (Wildman–Crippen LogP) is 2.61. The van der Waals surface area contributed by atoms with Crippen molar-refractivity contribution >= 4 is 23.5 Å². The van der Waals surface area contributed by atoms with Gasteiger partial charge in [-0.05, 0) is 32.8 Å². The number of nitrogens with two attached hydrogens (primary N) is 1. The van der Waals surface area contributed by atoms with Crippen molar-refractivity contribution in [2.24, 2.45) is 5.73 Å². The lowest BCUT2D eigenvalue weighted by molar-refractivity contribution is -0.118. The molecule has 0 aromatic carbocycles. The first-order valence-corrected chi connectivity index (χ1v) is 10.1. The predicted molar refractivity (Wildman–Crippen MR) is 105 cm³/mol. The van der Waals surface area contributed by atoms with Crippen LogP contribution in [0.4, 0.5) is 0 Å². The second-order valence-corrected chi connectivity index (χ2v) is 7.82. The zero-order valence-electron chi connectivity index (χ0n) is 15.8. The van der Waals surface area contributed by atoms with Crippen LogP contribution >= 0.6 is 11.8 Å². The van der Waals surface area contributed by atoms with E-state index in [-0.39, 0.29) is 23.9 Å². The molecule has 1 fully saturated rings. The van der Waals surface area contributed by atoms with E-state index in [1.54, 1.807) is 0 Å². The molecule has 27 heavy (non-hydrogen) atoms.